The average molecular weight is 237 g/mol. The molecule has 0 bridgehead atoms. The summed E-state index contributed by atoms with van der Waals surface area (Å²) in [6.07, 6.45) is 1.81. The molecule has 0 radical (unpaired) electrons. The van der Waals surface area contributed by atoms with Crippen LogP contribution >= 0.6 is 0 Å². The van der Waals surface area contributed by atoms with Crippen molar-refractivity contribution in [2.24, 2.45) is 5.73 Å². The summed E-state index contributed by atoms with van der Waals surface area (Å²) < 4.78 is 5.21. The highest BCUT2D eigenvalue weighted by molar-refractivity contribution is 5.48. The molecule has 1 rings (SSSR count). The molecule has 0 fully saturated rings. The van der Waals surface area contributed by atoms with E-state index in [2.05, 4.69) is 23.7 Å². The summed E-state index contributed by atoms with van der Waals surface area (Å²) >= 11 is 0. The lowest BCUT2D eigenvalue weighted by Crippen LogP contribution is -2.37. The van der Waals surface area contributed by atoms with Gasteiger partial charge in [-0.2, -0.15) is 0 Å². The van der Waals surface area contributed by atoms with Crippen LogP contribution in [0.4, 0.5) is 5.82 Å². The van der Waals surface area contributed by atoms with Gasteiger partial charge in [0.2, 0.25) is 0 Å². The van der Waals surface area contributed by atoms with Crippen molar-refractivity contribution in [3.8, 4) is 0 Å². The zero-order valence-corrected chi connectivity index (χ0v) is 11.2. The first kappa shape index (κ1) is 13.9. The molecule has 1 heterocycles. The molecule has 17 heavy (non-hydrogen) atoms. The average Bonchev–Trinajstić information content (AvgIpc) is 2.31. The van der Waals surface area contributed by atoms with Crippen LogP contribution in [0.15, 0.2) is 18.3 Å². The lowest BCUT2D eigenvalue weighted by atomic mass is 10.1. The van der Waals surface area contributed by atoms with Crippen LogP contribution in [-0.4, -0.2) is 31.3 Å². The fourth-order valence-corrected chi connectivity index (χ4v) is 2.01. The zero-order valence-electron chi connectivity index (χ0n) is 11.2. The second-order valence-corrected chi connectivity index (χ2v) is 4.30. The van der Waals surface area contributed by atoms with Crippen LogP contribution in [0, 0.1) is 0 Å². The Morgan fingerprint density at radius 1 is 1.47 bits per heavy atom. The van der Waals surface area contributed by atoms with E-state index in [1.165, 1.54) is 0 Å². The van der Waals surface area contributed by atoms with Crippen molar-refractivity contribution in [1.82, 2.24) is 4.98 Å². The maximum absolute atomic E-state index is 5.98. The minimum atomic E-state index is -0.0116. The predicted octanol–water partition coefficient (Wildman–Crippen LogP) is 1.96. The molecule has 0 aromatic carbocycles. The van der Waals surface area contributed by atoms with Crippen LogP contribution in [0.1, 0.15) is 32.4 Å². The number of likely N-dealkylation sites (N-methyl/N-ethyl adjacent to an activating group) is 1. The van der Waals surface area contributed by atoms with Gasteiger partial charge in [-0.05, 0) is 26.8 Å². The van der Waals surface area contributed by atoms with Crippen molar-refractivity contribution >= 4 is 5.82 Å². The number of anilines is 1. The summed E-state index contributed by atoms with van der Waals surface area (Å²) in [6, 6.07) is 4.24. The number of pyridine rings is 1. The van der Waals surface area contributed by atoms with Crippen molar-refractivity contribution in [3.05, 3.63) is 23.9 Å². The Balaban J connectivity index is 3.02. The first-order valence-electron chi connectivity index (χ1n) is 6.07. The first-order chi connectivity index (χ1) is 8.11. The number of methoxy groups -OCH3 is 1. The van der Waals surface area contributed by atoms with Crippen LogP contribution in [0.5, 0.6) is 0 Å². The molecule has 0 aliphatic rings. The van der Waals surface area contributed by atoms with Gasteiger partial charge in [0.15, 0.2) is 0 Å². The summed E-state index contributed by atoms with van der Waals surface area (Å²) in [5.74, 6) is 0.967. The minimum Gasteiger partial charge on any atom is -0.383 e. The topological polar surface area (TPSA) is 51.4 Å². The molecule has 0 amide bonds. The number of nitrogens with two attached hydrogens (primary N) is 1. The van der Waals surface area contributed by atoms with E-state index in [-0.39, 0.29) is 12.1 Å². The van der Waals surface area contributed by atoms with Gasteiger partial charge in [0.1, 0.15) is 5.82 Å². The Morgan fingerprint density at radius 2 is 2.18 bits per heavy atom. The number of ether oxygens (including phenoxy) is 1. The molecule has 0 aliphatic carbocycles. The van der Waals surface area contributed by atoms with Gasteiger partial charge in [0, 0.05) is 31.5 Å². The van der Waals surface area contributed by atoms with E-state index in [9.17, 15) is 0 Å². The first-order valence-corrected chi connectivity index (χ1v) is 6.07. The van der Waals surface area contributed by atoms with Crippen molar-refractivity contribution in [1.29, 1.82) is 0 Å². The lowest BCUT2D eigenvalue weighted by molar-refractivity contribution is 0.181. The molecule has 4 nitrogen and oxygen atoms in total. The maximum Gasteiger partial charge on any atom is 0.133 e. The molecule has 1 unspecified atom stereocenters. The largest absolute Gasteiger partial charge is 0.383 e. The van der Waals surface area contributed by atoms with E-state index in [1.54, 1.807) is 7.11 Å². The van der Waals surface area contributed by atoms with Gasteiger partial charge in [-0.1, -0.05) is 6.07 Å². The molecular formula is C13H23N3O. The van der Waals surface area contributed by atoms with Crippen LogP contribution < -0.4 is 10.6 Å². The van der Waals surface area contributed by atoms with Gasteiger partial charge >= 0.3 is 0 Å². The molecule has 2 atom stereocenters. The van der Waals surface area contributed by atoms with Crippen LogP contribution in [0.3, 0.4) is 0 Å². The molecule has 0 saturated carbocycles. The highest BCUT2D eigenvalue weighted by Gasteiger charge is 2.18. The summed E-state index contributed by atoms with van der Waals surface area (Å²) in [7, 11) is 1.72. The Bertz CT molecular complexity index is 341. The Morgan fingerprint density at radius 3 is 2.71 bits per heavy atom. The predicted molar refractivity (Wildman–Crippen MR) is 71.2 cm³/mol. The summed E-state index contributed by atoms with van der Waals surface area (Å²) in [6.45, 7) is 7.80. The molecule has 0 saturated heterocycles. The zero-order chi connectivity index (χ0) is 12.8. The van der Waals surface area contributed by atoms with E-state index in [0.29, 0.717) is 6.61 Å². The van der Waals surface area contributed by atoms with E-state index in [0.717, 1.165) is 17.9 Å². The summed E-state index contributed by atoms with van der Waals surface area (Å²) in [5, 5.41) is 0. The molecule has 1 aromatic rings. The van der Waals surface area contributed by atoms with Gasteiger partial charge in [0.25, 0.3) is 0 Å². The molecule has 4 heteroatoms. The van der Waals surface area contributed by atoms with Crippen molar-refractivity contribution in [3.63, 3.8) is 0 Å². The van der Waals surface area contributed by atoms with Crippen LogP contribution in [0.25, 0.3) is 0 Å². The molecule has 96 valence electrons. The standard InChI is InChI=1S/C13H23N3O/c1-5-16(10(2)9-17-4)13-12(11(3)14)7-6-8-15-13/h6-8,10-11H,5,9,14H2,1-4H3/t10?,11-/m0/s1. The van der Waals surface area contributed by atoms with Gasteiger partial charge in [-0.15, -0.1) is 0 Å². The molecule has 0 aliphatic heterocycles. The molecule has 1 aromatic heterocycles. The fourth-order valence-electron chi connectivity index (χ4n) is 2.01. The lowest BCUT2D eigenvalue weighted by Gasteiger charge is -2.31. The summed E-state index contributed by atoms with van der Waals surface area (Å²) in [4.78, 5) is 6.69. The van der Waals surface area contributed by atoms with E-state index in [1.807, 2.05) is 25.3 Å². The van der Waals surface area contributed by atoms with Gasteiger partial charge in [-0.3, -0.25) is 0 Å². The normalized spacial score (nSPS) is 14.4. The number of nitrogens with zero attached hydrogens (tertiary/aromatic N) is 2. The number of hydrogen-bond acceptors (Lipinski definition) is 4. The number of aromatic nitrogens is 1. The minimum absolute atomic E-state index is 0.0116. The highest BCUT2D eigenvalue weighted by Crippen LogP contribution is 2.23. The Kier molecular flexibility index (Phi) is 5.38. The van der Waals surface area contributed by atoms with Gasteiger partial charge < -0.3 is 15.4 Å². The molecule has 2 N–H and O–H groups in total. The van der Waals surface area contributed by atoms with Crippen molar-refractivity contribution in [2.75, 3.05) is 25.2 Å². The third-order valence-corrected chi connectivity index (χ3v) is 2.86. The van der Waals surface area contributed by atoms with Gasteiger partial charge in [0.05, 0.1) is 12.6 Å². The highest BCUT2D eigenvalue weighted by atomic mass is 16.5. The fraction of sp³-hybridized carbons (Fsp3) is 0.615. The van der Waals surface area contributed by atoms with Crippen molar-refractivity contribution in [2.45, 2.75) is 32.9 Å². The second-order valence-electron chi connectivity index (χ2n) is 4.30. The monoisotopic (exact) mass is 237 g/mol. The third-order valence-electron chi connectivity index (χ3n) is 2.86. The smallest absolute Gasteiger partial charge is 0.133 e. The Labute approximate surface area is 104 Å². The molecule has 0 spiro atoms. The number of rotatable bonds is 6. The second kappa shape index (κ2) is 6.57. The van der Waals surface area contributed by atoms with E-state index >= 15 is 0 Å². The van der Waals surface area contributed by atoms with Gasteiger partial charge in [-0.25, -0.2) is 4.98 Å². The van der Waals surface area contributed by atoms with Crippen molar-refractivity contribution < 1.29 is 4.74 Å². The maximum atomic E-state index is 5.98. The Hall–Kier alpha value is -1.13. The van der Waals surface area contributed by atoms with Crippen LogP contribution in [-0.2, 0) is 4.74 Å². The van der Waals surface area contributed by atoms with E-state index < -0.39 is 0 Å². The quantitative estimate of drug-likeness (QED) is 0.821. The van der Waals surface area contributed by atoms with E-state index in [4.69, 9.17) is 10.5 Å². The summed E-state index contributed by atoms with van der Waals surface area (Å²) in [5.41, 5.74) is 7.06. The third kappa shape index (κ3) is 3.41. The number of hydrogen-bond donors (Lipinski definition) is 1. The molecular weight excluding hydrogens is 214 g/mol. The SMILES string of the molecule is CCN(c1ncccc1[C@H](C)N)C(C)COC. The van der Waals surface area contributed by atoms with Crippen LogP contribution in [0.2, 0.25) is 0 Å².